The Morgan fingerprint density at radius 1 is 1.48 bits per heavy atom. The van der Waals surface area contributed by atoms with Gasteiger partial charge in [-0.1, -0.05) is 0 Å². The lowest BCUT2D eigenvalue weighted by Gasteiger charge is -2.21. The fourth-order valence-electron chi connectivity index (χ4n) is 2.33. The molecule has 0 amide bonds. The monoisotopic (exact) mass is 360 g/mol. The summed E-state index contributed by atoms with van der Waals surface area (Å²) in [5, 5.41) is 0. The molecule has 2 aromatic rings. The molecule has 3 heterocycles. The Morgan fingerprint density at radius 2 is 2.30 bits per heavy atom. The lowest BCUT2D eigenvalue weighted by atomic mass is 10.2. The second kappa shape index (κ2) is 6.56. The summed E-state index contributed by atoms with van der Waals surface area (Å²) in [6, 6.07) is 0. The number of anilines is 1. The zero-order valence-electron chi connectivity index (χ0n) is 11.6. The van der Waals surface area contributed by atoms with Gasteiger partial charge in [-0.3, -0.25) is 9.13 Å². The van der Waals surface area contributed by atoms with Gasteiger partial charge in [-0.25, -0.2) is 23.8 Å². The van der Waals surface area contributed by atoms with E-state index in [-0.39, 0.29) is 18.7 Å². The van der Waals surface area contributed by atoms with Crippen molar-refractivity contribution in [3.63, 3.8) is 0 Å². The van der Waals surface area contributed by atoms with E-state index in [0.717, 1.165) is 0 Å². The predicted octanol–water partition coefficient (Wildman–Crippen LogP) is 0.794. The number of imidazole rings is 1. The maximum absolute atomic E-state index is 11.2. The number of phosphoric ester groups is 1. The Kier molecular flexibility index (Phi) is 4.67. The number of aromatic nitrogens is 4. The summed E-state index contributed by atoms with van der Waals surface area (Å²) < 4.78 is 37.3. The van der Waals surface area contributed by atoms with Crippen molar-refractivity contribution in [2.75, 3.05) is 12.3 Å². The summed E-state index contributed by atoms with van der Waals surface area (Å²) in [7, 11) is -5.57. The summed E-state index contributed by atoms with van der Waals surface area (Å²) in [6.45, 7) is -0.226. The van der Waals surface area contributed by atoms with Gasteiger partial charge in [0.25, 0.3) is 7.82 Å². The van der Waals surface area contributed by atoms with E-state index >= 15 is 0 Å². The molecule has 13 heteroatoms. The molecule has 0 aromatic carbocycles. The summed E-state index contributed by atoms with van der Waals surface area (Å²) in [5.41, 5.74) is 6.74. The van der Waals surface area contributed by atoms with E-state index < -0.39 is 22.6 Å². The zero-order valence-corrected chi connectivity index (χ0v) is 13.4. The van der Waals surface area contributed by atoms with E-state index in [1.807, 2.05) is 0 Å². The molecule has 11 nitrogen and oxygen atoms in total. The van der Waals surface area contributed by atoms with Crippen molar-refractivity contribution in [2.45, 2.75) is 25.2 Å². The quantitative estimate of drug-likeness (QED) is 0.731. The Balaban J connectivity index is 1.66. The highest BCUT2D eigenvalue weighted by Crippen LogP contribution is 2.43. The second-order valence-electron chi connectivity index (χ2n) is 4.77. The molecule has 1 fully saturated rings. The molecule has 3 atom stereocenters. The lowest BCUT2D eigenvalue weighted by molar-refractivity contribution is -0.218. The lowest BCUT2D eigenvalue weighted by Crippen LogP contribution is -2.18. The van der Waals surface area contributed by atoms with Crippen LogP contribution in [0.2, 0.25) is 0 Å². The van der Waals surface area contributed by atoms with Crippen LogP contribution in [0.5, 0.6) is 0 Å². The number of nitrogens with zero attached hydrogens (tertiary/aromatic N) is 4. The topological polar surface area (TPSA) is 155 Å². The fourth-order valence-corrected chi connectivity index (χ4v) is 3.20. The van der Waals surface area contributed by atoms with E-state index in [9.17, 15) is 14.0 Å². The normalized spacial score (nSPS) is 24.2. The number of ether oxygens (including phenoxy) is 1. The molecule has 23 heavy (non-hydrogen) atoms. The number of fused-ring (bicyclic) bond motifs is 1. The van der Waals surface area contributed by atoms with Crippen LogP contribution in [0, 0.1) is 0 Å². The third-order valence-corrected chi connectivity index (χ3v) is 4.87. The molecular formula is C10H12N5O6P2-. The minimum Gasteiger partial charge on any atom is -0.756 e. The molecule has 1 aliphatic rings. The summed E-state index contributed by atoms with van der Waals surface area (Å²) in [5.74, 6) is 0.271. The molecule has 0 aliphatic carbocycles. The number of phosphoric acid groups is 1. The van der Waals surface area contributed by atoms with Crippen LogP contribution in [0.3, 0.4) is 0 Å². The van der Waals surface area contributed by atoms with Crippen molar-refractivity contribution >= 4 is 33.5 Å². The van der Waals surface area contributed by atoms with Gasteiger partial charge in [-0.05, 0) is 12.8 Å². The van der Waals surface area contributed by atoms with Crippen molar-refractivity contribution in [1.82, 2.24) is 19.5 Å². The highest BCUT2D eigenvalue weighted by atomic mass is 31.2. The minimum absolute atomic E-state index is 0.226. The van der Waals surface area contributed by atoms with Crippen LogP contribution in [0.1, 0.15) is 19.1 Å². The Bertz CT molecular complexity index is 769. The molecule has 0 spiro atoms. The SMILES string of the molecule is Nc1ncnc2c1ncn2[C@H]1CC[C@@H](COP(=O)([O-])OP=O)O1. The molecule has 2 aromatic heterocycles. The Morgan fingerprint density at radius 3 is 3.09 bits per heavy atom. The van der Waals surface area contributed by atoms with Crippen LogP contribution >= 0.6 is 16.5 Å². The van der Waals surface area contributed by atoms with Crippen LogP contribution < -0.4 is 10.6 Å². The van der Waals surface area contributed by atoms with Gasteiger partial charge in [0.05, 0.1) is 19.0 Å². The molecular weight excluding hydrogens is 348 g/mol. The minimum atomic E-state index is -4.58. The van der Waals surface area contributed by atoms with Gasteiger partial charge < -0.3 is 19.9 Å². The van der Waals surface area contributed by atoms with Crippen molar-refractivity contribution in [3.05, 3.63) is 12.7 Å². The first-order valence-corrected chi connectivity index (χ1v) is 8.75. The third-order valence-electron chi connectivity index (χ3n) is 3.33. The maximum Gasteiger partial charge on any atom is 0.334 e. The van der Waals surface area contributed by atoms with E-state index in [0.29, 0.717) is 24.0 Å². The van der Waals surface area contributed by atoms with Crippen molar-refractivity contribution in [3.8, 4) is 0 Å². The highest BCUT2D eigenvalue weighted by Gasteiger charge is 2.29. The fraction of sp³-hybridized carbons (Fsp3) is 0.500. The van der Waals surface area contributed by atoms with E-state index in [4.69, 9.17) is 10.5 Å². The first-order chi connectivity index (χ1) is 11.0. The van der Waals surface area contributed by atoms with Gasteiger partial charge >= 0.3 is 8.69 Å². The molecule has 0 bridgehead atoms. The van der Waals surface area contributed by atoms with Crippen LogP contribution in [0.15, 0.2) is 12.7 Å². The summed E-state index contributed by atoms with van der Waals surface area (Å²) >= 11 is 0. The maximum atomic E-state index is 11.2. The Labute approximate surface area is 131 Å². The number of hydrogen-bond acceptors (Lipinski definition) is 10. The van der Waals surface area contributed by atoms with Gasteiger partial charge in [0.15, 0.2) is 11.5 Å². The van der Waals surface area contributed by atoms with Crippen molar-refractivity contribution in [1.29, 1.82) is 0 Å². The third kappa shape index (κ3) is 3.55. The van der Waals surface area contributed by atoms with E-state index in [1.54, 1.807) is 10.9 Å². The van der Waals surface area contributed by atoms with Crippen molar-refractivity contribution in [2.24, 2.45) is 0 Å². The zero-order chi connectivity index (χ0) is 16.4. The van der Waals surface area contributed by atoms with Gasteiger partial charge in [0, 0.05) is 0 Å². The Hall–Kier alpha value is -1.48. The van der Waals surface area contributed by atoms with Gasteiger partial charge in [0.2, 0.25) is 0 Å². The summed E-state index contributed by atoms with van der Waals surface area (Å²) in [4.78, 5) is 23.3. The van der Waals surface area contributed by atoms with Crippen molar-refractivity contribution < 1.29 is 27.6 Å². The molecule has 2 N–H and O–H groups in total. The summed E-state index contributed by atoms with van der Waals surface area (Å²) in [6.07, 6.45) is 3.24. The van der Waals surface area contributed by atoms with Gasteiger partial charge in [0.1, 0.15) is 18.1 Å². The molecule has 1 unspecified atom stereocenters. The molecule has 1 aliphatic heterocycles. The number of rotatable bonds is 6. The average molecular weight is 360 g/mol. The van der Waals surface area contributed by atoms with E-state index in [2.05, 4.69) is 23.8 Å². The highest BCUT2D eigenvalue weighted by molar-refractivity contribution is 7.51. The largest absolute Gasteiger partial charge is 0.756 e. The molecule has 124 valence electrons. The van der Waals surface area contributed by atoms with Gasteiger partial charge in [-0.15, -0.1) is 0 Å². The number of nitrogen functional groups attached to an aromatic ring is 1. The molecule has 1 saturated heterocycles. The number of hydrogen-bond donors (Lipinski definition) is 1. The predicted molar refractivity (Wildman–Crippen MR) is 75.1 cm³/mol. The van der Waals surface area contributed by atoms with Crippen LogP contribution in [-0.4, -0.2) is 32.2 Å². The first-order valence-electron chi connectivity index (χ1n) is 6.55. The van der Waals surface area contributed by atoms with Crippen LogP contribution in [0.25, 0.3) is 11.2 Å². The molecule has 3 rings (SSSR count). The van der Waals surface area contributed by atoms with Gasteiger partial charge in [-0.2, -0.15) is 0 Å². The second-order valence-corrected chi connectivity index (χ2v) is 6.73. The van der Waals surface area contributed by atoms with Crippen LogP contribution in [-0.2, 0) is 22.7 Å². The standard InChI is InChI=1S/C10H13N5O6P2/c11-9-8-10(13-4-12-9)15(5-14-8)7-2-1-6(20-7)3-19-23(17,18)21-22-16/h4-7H,1-3H2,(H,17,18)(H2,11,12,13)/p-1/t6-,7+/m0/s1. The van der Waals surface area contributed by atoms with Crippen LogP contribution in [0.4, 0.5) is 5.82 Å². The molecule has 0 radical (unpaired) electrons. The first kappa shape index (κ1) is 16.4. The molecule has 0 saturated carbocycles. The average Bonchev–Trinajstić information content (AvgIpc) is 3.12. The van der Waals surface area contributed by atoms with E-state index in [1.165, 1.54) is 6.33 Å². The smallest absolute Gasteiger partial charge is 0.334 e. The number of nitrogens with two attached hydrogens (primary N) is 1.